The molecule has 0 aliphatic heterocycles. The zero-order valence-electron chi connectivity index (χ0n) is 34.1. The Morgan fingerprint density at radius 3 is 1.44 bits per heavy atom. The summed E-state index contributed by atoms with van der Waals surface area (Å²) >= 11 is 0. The number of hydrogen-bond donors (Lipinski definition) is 0. The van der Waals surface area contributed by atoms with Gasteiger partial charge < -0.3 is 8.82 Å². The van der Waals surface area contributed by atoms with Gasteiger partial charge in [-0.3, -0.25) is 9.59 Å². The van der Waals surface area contributed by atoms with Crippen molar-refractivity contribution in [2.45, 2.75) is 34.5 Å². The lowest BCUT2D eigenvalue weighted by molar-refractivity contribution is 0.0839. The van der Waals surface area contributed by atoms with Crippen LogP contribution in [0, 0.1) is 0 Å². The van der Waals surface area contributed by atoms with Crippen LogP contribution in [0.4, 0.5) is 0 Å². The number of aromatic nitrogens is 1. The van der Waals surface area contributed by atoms with E-state index < -0.39 is 0 Å². The fourth-order valence-corrected chi connectivity index (χ4v) is 15.4. The van der Waals surface area contributed by atoms with E-state index in [-0.39, 0.29) is 46.1 Å². The van der Waals surface area contributed by atoms with Crippen molar-refractivity contribution in [3.63, 3.8) is 0 Å². The van der Waals surface area contributed by atoms with E-state index in [0.717, 1.165) is 98.8 Å². The standard InChI is InChI=1S/C60H31NO3/c62-56-39-26-47-34(23-36(39)51-30-13-3-7-17-43(30)59(51)45-19-9-5-15-32(45)53(56)59)38-25-41-35-21-28-11-1-2-12-29(28)22-49(35)64-58(41)50-42-24-37-40(27-48(42)61(47)55(38)50)57(63)54-33-16-6-10-20-46(33)60(54)44-18-8-4-14-31(44)52(37)60/h1-27,51-54H. The summed E-state index contributed by atoms with van der Waals surface area (Å²) in [5, 5.41) is 8.89. The van der Waals surface area contributed by atoms with Crippen molar-refractivity contribution in [2.24, 2.45) is 0 Å². The van der Waals surface area contributed by atoms with Crippen molar-refractivity contribution < 1.29 is 14.0 Å². The maximum absolute atomic E-state index is 15.3. The molecule has 0 amide bonds. The highest BCUT2D eigenvalue weighted by atomic mass is 16.3. The Bertz CT molecular complexity index is 4350. The Labute approximate surface area is 364 Å². The first-order valence-electron chi connectivity index (χ1n) is 22.6. The van der Waals surface area contributed by atoms with Crippen LogP contribution in [0.2, 0.25) is 0 Å². The van der Waals surface area contributed by atoms with Gasteiger partial charge in [0.05, 0.1) is 33.8 Å². The number of ketones is 2. The van der Waals surface area contributed by atoms with E-state index in [1.54, 1.807) is 0 Å². The molecule has 0 saturated carbocycles. The number of nitrogens with zero attached hydrogens (tertiary/aromatic N) is 1. The molecule has 64 heavy (non-hydrogen) atoms. The van der Waals surface area contributed by atoms with E-state index in [9.17, 15) is 0 Å². The van der Waals surface area contributed by atoms with Crippen LogP contribution >= 0.6 is 0 Å². The van der Waals surface area contributed by atoms with Gasteiger partial charge in [0.2, 0.25) is 0 Å². The predicted molar refractivity (Wildman–Crippen MR) is 251 cm³/mol. The van der Waals surface area contributed by atoms with E-state index in [1.165, 1.54) is 38.8 Å². The topological polar surface area (TPSA) is 51.7 Å². The SMILES string of the molecule is O=C1c2cc3c(cc2C2c4ccccc4C24c2ccccc2C14)c1cc2c4cc5ccccc5cc4oc2c2c4cc5c(cc4n3c12)C(=O)C1c2ccccc2C12c1ccccc1C52. The van der Waals surface area contributed by atoms with Crippen molar-refractivity contribution in [1.29, 1.82) is 0 Å². The van der Waals surface area contributed by atoms with Gasteiger partial charge in [0.15, 0.2) is 11.6 Å². The molecule has 0 N–H and O–H groups in total. The summed E-state index contributed by atoms with van der Waals surface area (Å²) in [4.78, 5) is 30.6. The van der Waals surface area contributed by atoms with E-state index in [4.69, 9.17) is 4.42 Å². The second-order valence-electron chi connectivity index (χ2n) is 19.6. The van der Waals surface area contributed by atoms with Crippen molar-refractivity contribution in [3.8, 4) is 0 Å². The van der Waals surface area contributed by atoms with Gasteiger partial charge in [-0.2, -0.15) is 0 Å². The number of rotatable bonds is 0. The summed E-state index contributed by atoms with van der Waals surface area (Å²) in [7, 11) is 0. The molecule has 6 aliphatic carbocycles. The third kappa shape index (κ3) is 2.97. The first kappa shape index (κ1) is 31.9. The summed E-state index contributed by atoms with van der Waals surface area (Å²) in [5.41, 5.74) is 18.0. The molecular formula is C60H31NO3. The van der Waals surface area contributed by atoms with Gasteiger partial charge >= 0.3 is 0 Å². The average molecular weight is 814 g/mol. The third-order valence-corrected chi connectivity index (χ3v) is 17.6. The van der Waals surface area contributed by atoms with Crippen LogP contribution in [-0.2, 0) is 10.8 Å². The molecule has 18 rings (SSSR count). The number of carbonyl (C=O) groups is 2. The molecule has 9 aromatic carbocycles. The molecule has 4 nitrogen and oxygen atoms in total. The Morgan fingerprint density at radius 2 is 0.875 bits per heavy atom. The van der Waals surface area contributed by atoms with Crippen molar-refractivity contribution >= 4 is 82.4 Å². The number of furan rings is 1. The largest absolute Gasteiger partial charge is 0.455 e. The van der Waals surface area contributed by atoms with Gasteiger partial charge in [-0.25, -0.2) is 0 Å². The normalized spacial score (nSPS) is 24.8. The third-order valence-electron chi connectivity index (χ3n) is 17.6. The van der Waals surface area contributed by atoms with Crippen molar-refractivity contribution in [1.82, 2.24) is 4.40 Å². The van der Waals surface area contributed by atoms with Gasteiger partial charge in [-0.1, -0.05) is 121 Å². The minimum atomic E-state index is -0.359. The molecule has 12 aromatic rings. The fraction of sp³-hybridized carbons (Fsp3) is 0.100. The summed E-state index contributed by atoms with van der Waals surface area (Å²) < 4.78 is 9.46. The van der Waals surface area contributed by atoms with Crippen LogP contribution in [0.1, 0.15) is 100 Å². The number of hydrogen-bond acceptors (Lipinski definition) is 3. The minimum Gasteiger partial charge on any atom is -0.455 e. The fourth-order valence-electron chi connectivity index (χ4n) is 15.4. The molecule has 2 spiro atoms. The Hall–Kier alpha value is -7.82. The number of fused-ring (bicyclic) bond motifs is 23. The maximum Gasteiger partial charge on any atom is 0.171 e. The Morgan fingerprint density at radius 1 is 0.406 bits per heavy atom. The number of carbonyl (C=O) groups excluding carboxylic acids is 2. The predicted octanol–water partition coefficient (Wildman–Crippen LogP) is 13.3. The van der Waals surface area contributed by atoms with Crippen LogP contribution < -0.4 is 0 Å². The molecule has 0 bridgehead atoms. The highest BCUT2D eigenvalue weighted by molar-refractivity contribution is 6.34. The minimum absolute atomic E-state index is 0.0644. The molecule has 0 fully saturated rings. The zero-order chi connectivity index (χ0) is 41.3. The smallest absolute Gasteiger partial charge is 0.171 e. The lowest BCUT2D eigenvalue weighted by Gasteiger charge is -2.64. The lowest BCUT2D eigenvalue weighted by Crippen LogP contribution is -2.61. The van der Waals surface area contributed by atoms with Crippen LogP contribution in [0.15, 0.2) is 168 Å². The molecule has 4 heteroatoms. The van der Waals surface area contributed by atoms with Crippen molar-refractivity contribution in [2.75, 3.05) is 0 Å². The van der Waals surface area contributed by atoms with Gasteiger partial charge in [0, 0.05) is 60.7 Å². The van der Waals surface area contributed by atoms with Gasteiger partial charge in [0.1, 0.15) is 11.2 Å². The molecule has 0 radical (unpaired) electrons. The molecular weight excluding hydrogens is 783 g/mol. The highest BCUT2D eigenvalue weighted by Crippen LogP contribution is 2.75. The van der Waals surface area contributed by atoms with E-state index in [0.29, 0.717) is 0 Å². The summed E-state index contributed by atoms with van der Waals surface area (Å²) in [6, 6.07) is 59.3. The van der Waals surface area contributed by atoms with Crippen LogP contribution in [0.5, 0.6) is 0 Å². The van der Waals surface area contributed by atoms with Crippen molar-refractivity contribution in [3.05, 3.63) is 231 Å². The molecule has 6 aliphatic rings. The van der Waals surface area contributed by atoms with Crippen LogP contribution in [0.3, 0.4) is 0 Å². The molecule has 6 atom stereocenters. The second-order valence-corrected chi connectivity index (χ2v) is 19.6. The van der Waals surface area contributed by atoms with Gasteiger partial charge in [-0.15, -0.1) is 0 Å². The first-order chi connectivity index (χ1) is 31.6. The maximum atomic E-state index is 15.3. The molecule has 0 saturated heterocycles. The lowest BCUT2D eigenvalue weighted by atomic mass is 9.36. The Kier molecular flexibility index (Phi) is 4.92. The van der Waals surface area contributed by atoms with E-state index in [1.807, 2.05) is 0 Å². The van der Waals surface area contributed by atoms with E-state index >= 15 is 9.59 Å². The summed E-state index contributed by atoms with van der Waals surface area (Å²) in [6.45, 7) is 0. The van der Waals surface area contributed by atoms with Gasteiger partial charge in [-0.05, 0) is 109 Å². The first-order valence-corrected chi connectivity index (χ1v) is 22.6. The second kappa shape index (κ2) is 9.86. The molecule has 3 heterocycles. The molecule has 6 unspecified atom stereocenters. The number of Topliss-reactive ketones (excluding diaryl/α,β-unsaturated/α-hetero) is 2. The summed E-state index contributed by atoms with van der Waals surface area (Å²) in [5.74, 6) is 0.102. The van der Waals surface area contributed by atoms with Crippen LogP contribution in [0.25, 0.3) is 70.8 Å². The zero-order valence-corrected chi connectivity index (χ0v) is 34.1. The number of benzene rings is 9. The monoisotopic (exact) mass is 813 g/mol. The van der Waals surface area contributed by atoms with E-state index in [2.05, 4.69) is 168 Å². The Balaban J connectivity index is 0.994. The van der Waals surface area contributed by atoms with Crippen LogP contribution in [-0.4, -0.2) is 16.0 Å². The molecule has 3 aromatic heterocycles. The average Bonchev–Trinajstić information content (AvgIpc) is 3.94. The molecule has 294 valence electrons. The highest BCUT2D eigenvalue weighted by Gasteiger charge is 2.70. The summed E-state index contributed by atoms with van der Waals surface area (Å²) in [6.07, 6.45) is 0. The van der Waals surface area contributed by atoms with Gasteiger partial charge in [0.25, 0.3) is 0 Å². The quantitative estimate of drug-likeness (QED) is 0.153.